The van der Waals surface area contributed by atoms with Gasteiger partial charge in [0, 0.05) is 26.2 Å². The molecule has 1 amide bonds. The minimum absolute atomic E-state index is 0.0599. The lowest BCUT2D eigenvalue weighted by molar-refractivity contribution is -0.138. The Bertz CT molecular complexity index is 769. The van der Waals surface area contributed by atoms with Gasteiger partial charge in [-0.15, -0.1) is 0 Å². The van der Waals surface area contributed by atoms with Gasteiger partial charge in [-0.05, 0) is 50.8 Å². The number of hydrogen-bond donors (Lipinski definition) is 0. The van der Waals surface area contributed by atoms with Gasteiger partial charge in [-0.3, -0.25) is 9.69 Å². The van der Waals surface area contributed by atoms with Gasteiger partial charge < -0.3 is 4.90 Å². The van der Waals surface area contributed by atoms with Crippen molar-refractivity contribution in [2.45, 2.75) is 42.9 Å². The van der Waals surface area contributed by atoms with E-state index in [1.807, 2.05) is 25.2 Å². The van der Waals surface area contributed by atoms with Crippen LogP contribution in [-0.2, 0) is 14.8 Å². The quantitative estimate of drug-likeness (QED) is 0.780. The number of carbonyl (C=O) groups excluding carboxylic acids is 1. The van der Waals surface area contributed by atoms with E-state index >= 15 is 0 Å². The fourth-order valence-corrected chi connectivity index (χ4v) is 6.50. The van der Waals surface area contributed by atoms with Crippen molar-refractivity contribution in [2.75, 3.05) is 39.8 Å². The molecule has 3 aliphatic rings. The zero-order valence-electron chi connectivity index (χ0n) is 16.0. The maximum atomic E-state index is 12.9. The molecule has 0 saturated carbocycles. The summed E-state index contributed by atoms with van der Waals surface area (Å²) in [6, 6.07) is 10.3. The summed E-state index contributed by atoms with van der Waals surface area (Å²) in [7, 11) is -1.34. The SMILES string of the molecule is CN1CCC[C@H]1C(=O)N1CC(S(=O)(=O)N2CCC(c3ccccc3)CC2)C1. The van der Waals surface area contributed by atoms with Crippen molar-refractivity contribution >= 4 is 15.9 Å². The molecule has 6 nitrogen and oxygen atoms in total. The number of likely N-dealkylation sites (tertiary alicyclic amines) is 2. The molecule has 0 radical (unpaired) electrons. The first-order chi connectivity index (χ1) is 13.0. The average Bonchev–Trinajstić information content (AvgIpc) is 3.07. The minimum Gasteiger partial charge on any atom is -0.338 e. The van der Waals surface area contributed by atoms with Gasteiger partial charge >= 0.3 is 0 Å². The lowest BCUT2D eigenvalue weighted by Gasteiger charge is -2.43. The van der Waals surface area contributed by atoms with Crippen LogP contribution in [0.5, 0.6) is 0 Å². The number of piperidine rings is 1. The first kappa shape index (κ1) is 18.9. The third-order valence-electron chi connectivity index (χ3n) is 6.47. The van der Waals surface area contributed by atoms with Gasteiger partial charge in [0.15, 0.2) is 0 Å². The highest BCUT2D eigenvalue weighted by Crippen LogP contribution is 2.31. The summed E-state index contributed by atoms with van der Waals surface area (Å²) >= 11 is 0. The molecule has 1 atom stereocenters. The second-order valence-electron chi connectivity index (χ2n) is 8.13. The molecule has 1 aromatic carbocycles. The zero-order chi connectivity index (χ0) is 19.0. The molecular formula is C20H29N3O3S. The molecule has 0 aliphatic carbocycles. The Morgan fingerprint density at radius 2 is 1.67 bits per heavy atom. The van der Waals surface area contributed by atoms with Crippen LogP contribution in [-0.4, -0.2) is 79.5 Å². The van der Waals surface area contributed by atoms with Crippen LogP contribution in [0.4, 0.5) is 0 Å². The highest BCUT2D eigenvalue weighted by molar-refractivity contribution is 7.89. The monoisotopic (exact) mass is 391 g/mol. The smallest absolute Gasteiger partial charge is 0.240 e. The van der Waals surface area contributed by atoms with Crippen molar-refractivity contribution < 1.29 is 13.2 Å². The van der Waals surface area contributed by atoms with Crippen LogP contribution in [0.25, 0.3) is 0 Å². The molecule has 0 bridgehead atoms. The van der Waals surface area contributed by atoms with Gasteiger partial charge in [0.25, 0.3) is 0 Å². The third-order valence-corrected chi connectivity index (χ3v) is 8.70. The van der Waals surface area contributed by atoms with Gasteiger partial charge in [0.1, 0.15) is 5.25 Å². The van der Waals surface area contributed by atoms with Crippen molar-refractivity contribution in [1.29, 1.82) is 0 Å². The van der Waals surface area contributed by atoms with Crippen LogP contribution >= 0.6 is 0 Å². The molecule has 0 aromatic heterocycles. The highest BCUT2D eigenvalue weighted by atomic mass is 32.2. The summed E-state index contributed by atoms with van der Waals surface area (Å²) in [6.45, 7) is 2.81. The fraction of sp³-hybridized carbons (Fsp3) is 0.650. The lowest BCUT2D eigenvalue weighted by atomic mass is 9.90. The Labute approximate surface area is 162 Å². The van der Waals surface area contributed by atoms with Gasteiger partial charge in [-0.1, -0.05) is 30.3 Å². The van der Waals surface area contributed by atoms with Crippen molar-refractivity contribution in [3.8, 4) is 0 Å². The van der Waals surface area contributed by atoms with Crippen LogP contribution in [0.1, 0.15) is 37.2 Å². The van der Waals surface area contributed by atoms with Crippen LogP contribution in [0.15, 0.2) is 30.3 Å². The summed E-state index contributed by atoms with van der Waals surface area (Å²) < 4.78 is 27.5. The number of carbonyl (C=O) groups is 1. The fourth-order valence-electron chi connectivity index (χ4n) is 4.62. The Kier molecular flexibility index (Phi) is 5.27. The van der Waals surface area contributed by atoms with E-state index < -0.39 is 15.3 Å². The molecule has 0 N–H and O–H groups in total. The number of likely N-dealkylation sites (N-methyl/N-ethyl adjacent to an activating group) is 1. The van der Waals surface area contributed by atoms with E-state index in [-0.39, 0.29) is 11.9 Å². The summed E-state index contributed by atoms with van der Waals surface area (Å²) in [6.07, 6.45) is 3.66. The minimum atomic E-state index is -3.31. The van der Waals surface area contributed by atoms with Crippen molar-refractivity contribution in [1.82, 2.24) is 14.1 Å². The van der Waals surface area contributed by atoms with Crippen LogP contribution in [0.3, 0.4) is 0 Å². The molecule has 0 unspecified atom stereocenters. The Hall–Kier alpha value is -1.44. The average molecular weight is 392 g/mol. The van der Waals surface area contributed by atoms with Crippen LogP contribution in [0, 0.1) is 0 Å². The number of hydrogen-bond acceptors (Lipinski definition) is 4. The molecule has 3 fully saturated rings. The molecule has 7 heteroatoms. The molecule has 3 aliphatic heterocycles. The molecule has 148 valence electrons. The van der Waals surface area contributed by atoms with Gasteiger partial charge in [-0.2, -0.15) is 0 Å². The topological polar surface area (TPSA) is 60.9 Å². The number of nitrogens with zero attached hydrogens (tertiary/aromatic N) is 3. The predicted octanol–water partition coefficient (Wildman–Crippen LogP) is 1.50. The number of benzene rings is 1. The van der Waals surface area contributed by atoms with Crippen LogP contribution in [0.2, 0.25) is 0 Å². The lowest BCUT2D eigenvalue weighted by Crippen LogP contribution is -2.62. The number of sulfonamides is 1. The van der Waals surface area contributed by atoms with Crippen molar-refractivity contribution in [3.63, 3.8) is 0 Å². The highest BCUT2D eigenvalue weighted by Gasteiger charge is 2.45. The second-order valence-corrected chi connectivity index (χ2v) is 10.3. The Balaban J connectivity index is 1.31. The third kappa shape index (κ3) is 3.65. The summed E-state index contributed by atoms with van der Waals surface area (Å²) in [5.74, 6) is 0.541. The molecule has 0 spiro atoms. The van der Waals surface area contributed by atoms with E-state index in [0.29, 0.717) is 32.1 Å². The van der Waals surface area contributed by atoms with Crippen LogP contribution < -0.4 is 0 Å². The van der Waals surface area contributed by atoms with E-state index in [1.54, 1.807) is 9.21 Å². The van der Waals surface area contributed by atoms with E-state index in [4.69, 9.17) is 0 Å². The Morgan fingerprint density at radius 3 is 2.26 bits per heavy atom. The van der Waals surface area contributed by atoms with Gasteiger partial charge in [0.2, 0.25) is 15.9 Å². The normalized spacial score (nSPS) is 26.3. The van der Waals surface area contributed by atoms with E-state index in [2.05, 4.69) is 17.0 Å². The first-order valence-corrected chi connectivity index (χ1v) is 11.5. The molecular weight excluding hydrogens is 362 g/mol. The van der Waals surface area contributed by atoms with E-state index in [9.17, 15) is 13.2 Å². The first-order valence-electron chi connectivity index (χ1n) is 10.00. The predicted molar refractivity (Wildman–Crippen MR) is 105 cm³/mol. The summed E-state index contributed by atoms with van der Waals surface area (Å²) in [5.41, 5.74) is 1.30. The maximum Gasteiger partial charge on any atom is 0.240 e. The molecule has 27 heavy (non-hydrogen) atoms. The number of rotatable bonds is 4. The zero-order valence-corrected chi connectivity index (χ0v) is 16.8. The molecule has 4 rings (SSSR count). The standard InChI is InChI=1S/C20H29N3O3S/c1-21-11-5-8-19(21)20(24)22-14-18(15-22)27(25,26)23-12-9-17(10-13-23)16-6-3-2-4-7-16/h2-4,6-7,17-19H,5,8-15H2,1H3/t19-/m0/s1. The Morgan fingerprint density at radius 1 is 1.00 bits per heavy atom. The van der Waals surface area contributed by atoms with E-state index in [1.165, 1.54) is 5.56 Å². The number of amides is 1. The van der Waals surface area contributed by atoms with Crippen molar-refractivity contribution in [2.24, 2.45) is 0 Å². The van der Waals surface area contributed by atoms with Crippen molar-refractivity contribution in [3.05, 3.63) is 35.9 Å². The summed E-state index contributed by atoms with van der Waals surface area (Å²) in [4.78, 5) is 16.4. The van der Waals surface area contributed by atoms with E-state index in [0.717, 1.165) is 32.2 Å². The van der Waals surface area contributed by atoms with Gasteiger partial charge in [0.05, 0.1) is 6.04 Å². The summed E-state index contributed by atoms with van der Waals surface area (Å²) in [5, 5.41) is -0.429. The molecule has 3 heterocycles. The molecule has 3 saturated heterocycles. The second kappa shape index (κ2) is 7.53. The largest absolute Gasteiger partial charge is 0.338 e. The maximum absolute atomic E-state index is 12.9. The molecule has 1 aromatic rings. The van der Waals surface area contributed by atoms with Gasteiger partial charge in [-0.25, -0.2) is 12.7 Å².